The van der Waals surface area contributed by atoms with Crippen LogP contribution in [0.2, 0.25) is 0 Å². The van der Waals surface area contributed by atoms with Gasteiger partial charge in [0, 0.05) is 0 Å². The first-order chi connectivity index (χ1) is 18.7. The van der Waals surface area contributed by atoms with E-state index in [0.717, 1.165) is 59.2 Å². The van der Waals surface area contributed by atoms with Crippen LogP contribution in [-0.4, -0.2) is 0 Å². The van der Waals surface area contributed by atoms with E-state index in [4.69, 9.17) is 0 Å². The summed E-state index contributed by atoms with van der Waals surface area (Å²) in [5.74, 6) is 8.94. The first kappa shape index (κ1) is 44.7. The van der Waals surface area contributed by atoms with Crippen molar-refractivity contribution in [1.29, 1.82) is 0 Å². The monoisotopic (exact) mass is 575 g/mol. The largest absolute Gasteiger partial charge is 0.0654 e. The van der Waals surface area contributed by atoms with Gasteiger partial charge in [-0.25, -0.2) is 0 Å². The fourth-order valence-electron chi connectivity index (χ4n) is 5.53. The first-order valence-corrected chi connectivity index (χ1v) is 17.7. The molecule has 0 saturated carbocycles. The van der Waals surface area contributed by atoms with E-state index in [1.807, 2.05) is 0 Å². The van der Waals surface area contributed by atoms with Gasteiger partial charge in [-0.05, 0) is 82.5 Å². The second-order valence-electron chi connectivity index (χ2n) is 16.2. The van der Waals surface area contributed by atoms with Crippen molar-refractivity contribution < 1.29 is 0 Å². The number of hydrogen-bond acceptors (Lipinski definition) is 0. The van der Waals surface area contributed by atoms with E-state index in [1.54, 1.807) is 0 Å². The van der Waals surface area contributed by atoms with Gasteiger partial charge < -0.3 is 0 Å². The summed E-state index contributed by atoms with van der Waals surface area (Å²) in [4.78, 5) is 0. The van der Waals surface area contributed by atoms with E-state index in [-0.39, 0.29) is 0 Å². The predicted octanol–water partition coefficient (Wildman–Crippen LogP) is 14.4. The number of hydrogen-bond donors (Lipinski definition) is 0. The summed E-state index contributed by atoms with van der Waals surface area (Å²) in [5, 5.41) is 0. The maximum atomic E-state index is 2.35. The highest BCUT2D eigenvalue weighted by atomic mass is 14.3. The molecule has 0 aliphatic heterocycles. The van der Waals surface area contributed by atoms with Gasteiger partial charge in [0.15, 0.2) is 0 Å². The van der Waals surface area contributed by atoms with E-state index < -0.39 is 0 Å². The second kappa shape index (κ2) is 23.6. The average Bonchev–Trinajstić information content (AvgIpc) is 2.84. The Morgan fingerprint density at radius 1 is 0.512 bits per heavy atom. The molecule has 1 aromatic carbocycles. The maximum absolute atomic E-state index is 2.35. The van der Waals surface area contributed by atoms with Gasteiger partial charge in [-0.3, -0.25) is 0 Å². The molecule has 0 spiro atoms. The van der Waals surface area contributed by atoms with Crippen LogP contribution >= 0.6 is 0 Å². The van der Waals surface area contributed by atoms with Gasteiger partial charge in [-0.15, -0.1) is 0 Å². The van der Waals surface area contributed by atoms with E-state index in [0.29, 0.717) is 11.3 Å². The zero-order valence-electron chi connectivity index (χ0n) is 32.4. The van der Waals surface area contributed by atoms with Crippen LogP contribution in [-0.2, 0) is 0 Å². The summed E-state index contributed by atoms with van der Waals surface area (Å²) < 4.78 is 0. The lowest BCUT2D eigenvalue weighted by molar-refractivity contribution is 0.165. The van der Waals surface area contributed by atoms with Crippen molar-refractivity contribution in [3.8, 4) is 0 Å². The number of benzene rings is 1. The summed E-state index contributed by atoms with van der Waals surface area (Å²) in [6, 6.07) is 10.8. The summed E-state index contributed by atoms with van der Waals surface area (Å²) in [5.41, 5.74) is 1.98. The lowest BCUT2D eigenvalue weighted by atomic mass is 9.72. The molecule has 0 aliphatic rings. The molecule has 0 radical (unpaired) electrons. The van der Waals surface area contributed by atoms with E-state index >= 15 is 0 Å². The Labute approximate surface area is 263 Å². The molecule has 0 heterocycles. The van der Waals surface area contributed by atoms with Crippen molar-refractivity contribution in [3.63, 3.8) is 0 Å². The van der Waals surface area contributed by atoms with Crippen molar-refractivity contribution in [2.45, 2.75) is 164 Å². The zero-order valence-corrected chi connectivity index (χ0v) is 32.4. The minimum atomic E-state index is 0.500. The Bertz CT molecular complexity index is 637. The van der Waals surface area contributed by atoms with Crippen LogP contribution in [0.5, 0.6) is 0 Å². The van der Waals surface area contributed by atoms with Gasteiger partial charge in [0.2, 0.25) is 0 Å². The highest BCUT2D eigenvalue weighted by molar-refractivity contribution is 5.20. The second-order valence-corrected chi connectivity index (χ2v) is 16.2. The molecule has 0 aromatic heterocycles. The topological polar surface area (TPSA) is 0 Å². The molecule has 1 aromatic rings. The third-order valence-corrected chi connectivity index (χ3v) is 10.3. The van der Waals surface area contributed by atoms with Crippen LogP contribution in [0.3, 0.4) is 0 Å². The van der Waals surface area contributed by atoms with Crippen LogP contribution in [0.4, 0.5) is 0 Å². The molecule has 0 aliphatic carbocycles. The standard InChI is InChI=1S/C13H20.C11H24.C9H20.C8H18/c1-10(2)13(11(3)4)12-8-6-5-7-9-12;1-6-7-8-11(9(2)3)10(4)5;1-7(2)9(5,6)8(3)4;1-6(2)8(5)7(3)4/h5-11,13H,1-4H3;9-11H,6-8H2,1-5H3;7-8H,1-6H3;6-8H,1-5H3. The van der Waals surface area contributed by atoms with Crippen LogP contribution in [0.25, 0.3) is 0 Å². The van der Waals surface area contributed by atoms with E-state index in [2.05, 4.69) is 169 Å². The van der Waals surface area contributed by atoms with Crippen LogP contribution in [0.15, 0.2) is 30.3 Å². The van der Waals surface area contributed by atoms with E-state index in [1.165, 1.54) is 24.8 Å². The van der Waals surface area contributed by atoms with Crippen LogP contribution in [0.1, 0.15) is 169 Å². The van der Waals surface area contributed by atoms with Crippen molar-refractivity contribution in [2.75, 3.05) is 0 Å². The SMILES string of the molecule is CC(C)C(C)(C)C(C)C.CC(C)C(C)C(C)C.CC(C)C(c1ccccc1)C(C)C.CCCCC(C(C)C)C(C)C. The molecule has 0 bridgehead atoms. The molecule has 246 valence electrons. The van der Waals surface area contributed by atoms with Crippen LogP contribution in [0, 0.1) is 64.6 Å². The van der Waals surface area contributed by atoms with Crippen molar-refractivity contribution in [2.24, 2.45) is 64.6 Å². The summed E-state index contributed by atoms with van der Waals surface area (Å²) >= 11 is 0. The third kappa shape index (κ3) is 20.7. The molecule has 1 rings (SSSR count). The van der Waals surface area contributed by atoms with Crippen molar-refractivity contribution >= 4 is 0 Å². The molecule has 0 amide bonds. The minimum absolute atomic E-state index is 0.500. The highest BCUT2D eigenvalue weighted by Crippen LogP contribution is 2.34. The normalized spacial score (nSPS) is 12.2. The van der Waals surface area contributed by atoms with Crippen molar-refractivity contribution in [3.05, 3.63) is 35.9 Å². The molecular weight excluding hydrogens is 492 g/mol. The van der Waals surface area contributed by atoms with Gasteiger partial charge in [-0.1, -0.05) is 182 Å². The molecule has 0 saturated heterocycles. The predicted molar refractivity (Wildman–Crippen MR) is 194 cm³/mol. The average molecular weight is 575 g/mol. The lowest BCUT2D eigenvalue weighted by Gasteiger charge is -2.33. The van der Waals surface area contributed by atoms with Gasteiger partial charge in [0.25, 0.3) is 0 Å². The minimum Gasteiger partial charge on any atom is -0.0654 e. The zero-order chi connectivity index (χ0) is 33.1. The van der Waals surface area contributed by atoms with Crippen molar-refractivity contribution in [1.82, 2.24) is 0 Å². The summed E-state index contributed by atoms with van der Waals surface area (Å²) in [7, 11) is 0. The van der Waals surface area contributed by atoms with E-state index in [9.17, 15) is 0 Å². The molecule has 0 nitrogen and oxygen atoms in total. The molecule has 0 atom stereocenters. The Morgan fingerprint density at radius 3 is 1.07 bits per heavy atom. The lowest BCUT2D eigenvalue weighted by Crippen LogP contribution is -2.25. The van der Waals surface area contributed by atoms with Gasteiger partial charge in [0.05, 0.1) is 0 Å². The van der Waals surface area contributed by atoms with Crippen LogP contribution < -0.4 is 0 Å². The quantitative estimate of drug-likeness (QED) is 0.233. The van der Waals surface area contributed by atoms with Gasteiger partial charge in [-0.2, -0.15) is 0 Å². The molecule has 0 N–H and O–H groups in total. The molecule has 0 unspecified atom stereocenters. The third-order valence-electron chi connectivity index (χ3n) is 10.3. The smallest absolute Gasteiger partial charge is 0.0116 e. The summed E-state index contributed by atoms with van der Waals surface area (Å²) in [6.45, 7) is 46.2. The van der Waals surface area contributed by atoms with Gasteiger partial charge >= 0.3 is 0 Å². The number of rotatable bonds is 12. The fourth-order valence-corrected chi connectivity index (χ4v) is 5.53. The Balaban J connectivity index is -0.000000479. The molecule has 0 heteroatoms. The Kier molecular flexibility index (Phi) is 25.8. The summed E-state index contributed by atoms with van der Waals surface area (Å²) in [6.07, 6.45) is 4.17. The maximum Gasteiger partial charge on any atom is -0.0116 e. The first-order valence-electron chi connectivity index (χ1n) is 17.7. The highest BCUT2D eigenvalue weighted by Gasteiger charge is 2.25. The Morgan fingerprint density at radius 2 is 0.878 bits per heavy atom. The Hall–Kier alpha value is -0.780. The number of unbranched alkanes of at least 4 members (excludes halogenated alkanes) is 1. The molecule has 41 heavy (non-hydrogen) atoms. The van der Waals surface area contributed by atoms with Gasteiger partial charge in [0.1, 0.15) is 0 Å². The fraction of sp³-hybridized carbons (Fsp3) is 0.854. The molecular formula is C41H82. The molecule has 0 fully saturated rings.